The Labute approximate surface area is 114 Å². The van der Waals surface area contributed by atoms with Gasteiger partial charge in [-0.25, -0.2) is 0 Å². The van der Waals surface area contributed by atoms with Gasteiger partial charge in [0.25, 0.3) is 0 Å². The minimum absolute atomic E-state index is 0.477. The topological polar surface area (TPSA) is 51.6 Å². The van der Waals surface area contributed by atoms with Gasteiger partial charge in [0.1, 0.15) is 15.7 Å². The van der Waals surface area contributed by atoms with Crippen molar-refractivity contribution in [2.45, 2.75) is 0 Å². The molecule has 3 aromatic rings. The largest absolute Gasteiger partial charge is 0.213 e. The molecule has 0 aliphatic heterocycles. The molecule has 0 unspecified atom stereocenters. The highest BCUT2D eigenvalue weighted by Gasteiger charge is 2.08. The monoisotopic (exact) mass is 266 g/mol. The molecule has 0 aliphatic rings. The van der Waals surface area contributed by atoms with Crippen molar-refractivity contribution in [2.75, 3.05) is 0 Å². The van der Waals surface area contributed by atoms with E-state index in [0.717, 1.165) is 9.75 Å². The van der Waals surface area contributed by atoms with Crippen LogP contribution in [-0.4, -0.2) is 36.1 Å². The third-order valence-corrected chi connectivity index (χ3v) is 3.99. The molecule has 0 saturated heterocycles. The van der Waals surface area contributed by atoms with Crippen LogP contribution in [0.3, 0.4) is 0 Å². The molecule has 0 spiro atoms. The zero-order valence-electron chi connectivity index (χ0n) is 9.07. The lowest BCUT2D eigenvalue weighted by atomic mass is 10.1. The summed E-state index contributed by atoms with van der Waals surface area (Å²) in [6, 6.07) is 7.30. The van der Waals surface area contributed by atoms with E-state index >= 15 is 0 Å². The predicted molar refractivity (Wildman–Crippen MR) is 75.0 cm³/mol. The Hall–Kier alpha value is -1.53. The average Bonchev–Trinajstić information content (AvgIpc) is 2.98. The number of aromatic nitrogens is 4. The van der Waals surface area contributed by atoms with Gasteiger partial charge in [0.05, 0.1) is 9.75 Å². The normalized spacial score (nSPS) is 10.7. The van der Waals surface area contributed by atoms with Gasteiger partial charge in [0.2, 0.25) is 11.6 Å². The van der Waals surface area contributed by atoms with Crippen LogP contribution in [0.2, 0.25) is 0 Å². The molecule has 0 amide bonds. The van der Waals surface area contributed by atoms with E-state index in [1.165, 1.54) is 22.7 Å². The molecule has 3 rings (SSSR count). The van der Waals surface area contributed by atoms with Crippen LogP contribution in [0.5, 0.6) is 0 Å². The van der Waals surface area contributed by atoms with Crippen LogP contribution in [0.15, 0.2) is 24.3 Å². The second-order valence-corrected chi connectivity index (χ2v) is 5.68. The fourth-order valence-electron chi connectivity index (χ4n) is 1.37. The molecule has 3 aromatic heterocycles. The Morgan fingerprint density at radius 1 is 0.667 bits per heavy atom. The van der Waals surface area contributed by atoms with E-state index < -0.39 is 0 Å². The average molecular weight is 266 g/mol. The molecular formula is C10H4B2N4S2. The first-order valence-electron chi connectivity index (χ1n) is 5.01. The molecular weight excluding hydrogens is 262 g/mol. The molecule has 0 fully saturated rings. The standard InChI is InChI=1S/C10H4B2N4S2/c11-7-3-1-5(17-7)9-13-15-10(16-14-9)6-2-4-8(12)18-6/h1-4H. The first-order chi connectivity index (χ1) is 8.72. The highest BCUT2D eigenvalue weighted by atomic mass is 32.1. The van der Waals surface area contributed by atoms with E-state index in [9.17, 15) is 0 Å². The maximum absolute atomic E-state index is 5.65. The van der Waals surface area contributed by atoms with Gasteiger partial charge in [-0.05, 0) is 21.7 Å². The molecule has 82 valence electrons. The van der Waals surface area contributed by atoms with Gasteiger partial charge >= 0.3 is 0 Å². The molecule has 0 atom stereocenters. The van der Waals surface area contributed by atoms with Crippen molar-refractivity contribution in [2.24, 2.45) is 0 Å². The van der Waals surface area contributed by atoms with E-state index in [1.807, 2.05) is 12.1 Å². The maximum Gasteiger partial charge on any atom is 0.213 e. The van der Waals surface area contributed by atoms with E-state index in [4.69, 9.17) is 15.7 Å². The van der Waals surface area contributed by atoms with Crippen LogP contribution in [0.25, 0.3) is 21.4 Å². The van der Waals surface area contributed by atoms with Gasteiger partial charge in [-0.3, -0.25) is 0 Å². The molecule has 18 heavy (non-hydrogen) atoms. The summed E-state index contributed by atoms with van der Waals surface area (Å²) >= 11 is 2.80. The molecule has 4 radical (unpaired) electrons. The molecule has 0 bridgehead atoms. The quantitative estimate of drug-likeness (QED) is 0.626. The van der Waals surface area contributed by atoms with E-state index in [-0.39, 0.29) is 0 Å². The summed E-state index contributed by atoms with van der Waals surface area (Å²) in [5, 5.41) is 16.2. The zero-order chi connectivity index (χ0) is 12.5. The predicted octanol–water partition coefficient (Wildman–Crippen LogP) is 0.311. The minimum Gasteiger partial charge on any atom is -0.148 e. The highest BCUT2D eigenvalue weighted by molar-refractivity contribution is 7.23. The van der Waals surface area contributed by atoms with Crippen molar-refractivity contribution >= 4 is 47.9 Å². The summed E-state index contributed by atoms with van der Waals surface area (Å²) in [4.78, 5) is 1.70. The van der Waals surface area contributed by atoms with Crippen molar-refractivity contribution in [1.29, 1.82) is 0 Å². The fraction of sp³-hybridized carbons (Fsp3) is 0. The van der Waals surface area contributed by atoms with Gasteiger partial charge in [-0.2, -0.15) is 0 Å². The van der Waals surface area contributed by atoms with Crippen LogP contribution in [0.4, 0.5) is 0 Å². The van der Waals surface area contributed by atoms with Crippen LogP contribution in [-0.2, 0) is 0 Å². The summed E-state index contributed by atoms with van der Waals surface area (Å²) in [6.07, 6.45) is 0. The molecule has 0 saturated carbocycles. The lowest BCUT2D eigenvalue weighted by Gasteiger charge is -1.95. The summed E-state index contributed by atoms with van der Waals surface area (Å²) < 4.78 is 1.42. The number of hydrogen-bond donors (Lipinski definition) is 0. The zero-order valence-corrected chi connectivity index (χ0v) is 10.7. The second kappa shape index (κ2) is 4.62. The third kappa shape index (κ3) is 2.21. The summed E-state index contributed by atoms with van der Waals surface area (Å²) in [7, 11) is 11.3. The second-order valence-electron chi connectivity index (χ2n) is 3.45. The van der Waals surface area contributed by atoms with Crippen LogP contribution >= 0.6 is 22.7 Å². The van der Waals surface area contributed by atoms with E-state index in [1.54, 1.807) is 12.1 Å². The van der Waals surface area contributed by atoms with Crippen molar-refractivity contribution in [3.05, 3.63) is 24.3 Å². The Balaban J connectivity index is 1.94. The van der Waals surface area contributed by atoms with Gasteiger partial charge in [-0.15, -0.1) is 43.1 Å². The lowest BCUT2D eigenvalue weighted by Crippen LogP contribution is -1.97. The summed E-state index contributed by atoms with van der Waals surface area (Å²) in [6.45, 7) is 0. The van der Waals surface area contributed by atoms with Gasteiger partial charge in [-0.1, -0.05) is 12.1 Å². The Morgan fingerprint density at radius 3 is 1.33 bits per heavy atom. The number of rotatable bonds is 2. The van der Waals surface area contributed by atoms with Gasteiger partial charge in [0.15, 0.2) is 0 Å². The Kier molecular flexibility index (Phi) is 2.97. The highest BCUT2D eigenvalue weighted by Crippen LogP contribution is 2.20. The van der Waals surface area contributed by atoms with Gasteiger partial charge < -0.3 is 0 Å². The summed E-state index contributed by atoms with van der Waals surface area (Å²) in [5.41, 5.74) is 0. The van der Waals surface area contributed by atoms with Crippen molar-refractivity contribution in [3.8, 4) is 21.4 Å². The van der Waals surface area contributed by atoms with Crippen LogP contribution in [0, 0.1) is 0 Å². The van der Waals surface area contributed by atoms with Crippen LogP contribution < -0.4 is 9.55 Å². The van der Waals surface area contributed by atoms with E-state index in [0.29, 0.717) is 21.2 Å². The van der Waals surface area contributed by atoms with Gasteiger partial charge in [0, 0.05) is 0 Å². The van der Waals surface area contributed by atoms with Crippen molar-refractivity contribution < 1.29 is 0 Å². The Morgan fingerprint density at radius 2 is 1.06 bits per heavy atom. The lowest BCUT2D eigenvalue weighted by molar-refractivity contribution is 0.881. The fourth-order valence-corrected chi connectivity index (χ4v) is 2.77. The molecule has 0 aliphatic carbocycles. The Bertz CT molecular complexity index is 618. The molecule has 8 heteroatoms. The van der Waals surface area contributed by atoms with Crippen molar-refractivity contribution in [3.63, 3.8) is 0 Å². The maximum atomic E-state index is 5.65. The van der Waals surface area contributed by atoms with Crippen LogP contribution in [0.1, 0.15) is 0 Å². The van der Waals surface area contributed by atoms with Crippen molar-refractivity contribution in [1.82, 2.24) is 20.4 Å². The smallest absolute Gasteiger partial charge is 0.148 e. The SMILES string of the molecule is [B]c1ccc(-c2nnc(-c3ccc([B])s3)nn2)s1. The number of hydrogen-bond acceptors (Lipinski definition) is 6. The van der Waals surface area contributed by atoms with E-state index in [2.05, 4.69) is 20.4 Å². The summed E-state index contributed by atoms with van der Waals surface area (Å²) in [5.74, 6) is 0.954. The molecule has 0 N–H and O–H groups in total. The molecule has 3 heterocycles. The molecule has 0 aromatic carbocycles. The first-order valence-corrected chi connectivity index (χ1v) is 6.64. The molecule has 4 nitrogen and oxygen atoms in total. The first kappa shape index (κ1) is 11.6. The third-order valence-electron chi connectivity index (χ3n) is 2.17. The minimum atomic E-state index is 0.477. The number of thiophene rings is 2. The number of nitrogens with zero attached hydrogens (tertiary/aromatic N) is 4.